The average molecular weight is 308 g/mol. The second kappa shape index (κ2) is 8.50. The highest BCUT2D eigenvalue weighted by molar-refractivity contribution is 5.93. The van der Waals surface area contributed by atoms with Crippen LogP contribution >= 0.6 is 0 Å². The van der Waals surface area contributed by atoms with Gasteiger partial charge in [0, 0.05) is 31.6 Å². The van der Waals surface area contributed by atoms with Crippen molar-refractivity contribution in [2.75, 3.05) is 25.1 Å². The Hall–Kier alpha value is -2.77. The SMILES string of the molecule is COc1ccc(N(CCC(N)=O)CCC(=O)NC(N)=O)cc1. The van der Waals surface area contributed by atoms with Crippen molar-refractivity contribution in [2.45, 2.75) is 12.8 Å². The highest BCUT2D eigenvalue weighted by Crippen LogP contribution is 2.19. The zero-order chi connectivity index (χ0) is 16.5. The molecule has 1 aromatic rings. The van der Waals surface area contributed by atoms with E-state index in [-0.39, 0.29) is 12.8 Å². The number of urea groups is 1. The number of ether oxygens (including phenoxy) is 1. The largest absolute Gasteiger partial charge is 0.497 e. The molecular formula is C14H20N4O4. The number of nitrogens with one attached hydrogen (secondary N) is 1. The summed E-state index contributed by atoms with van der Waals surface area (Å²) >= 11 is 0. The number of hydrogen-bond acceptors (Lipinski definition) is 5. The second-order valence-corrected chi connectivity index (χ2v) is 4.56. The number of rotatable bonds is 8. The molecule has 0 spiro atoms. The van der Waals surface area contributed by atoms with Crippen LogP contribution in [-0.4, -0.2) is 38.0 Å². The van der Waals surface area contributed by atoms with Crippen LogP contribution in [0.25, 0.3) is 0 Å². The van der Waals surface area contributed by atoms with Crippen LogP contribution in [0.15, 0.2) is 24.3 Å². The summed E-state index contributed by atoms with van der Waals surface area (Å²) in [7, 11) is 1.56. The number of imide groups is 1. The summed E-state index contributed by atoms with van der Waals surface area (Å²) < 4.78 is 5.08. The number of nitrogens with zero attached hydrogens (tertiary/aromatic N) is 1. The smallest absolute Gasteiger partial charge is 0.318 e. The first-order valence-electron chi connectivity index (χ1n) is 6.69. The summed E-state index contributed by atoms with van der Waals surface area (Å²) in [6, 6.07) is 6.28. The number of carbonyl (C=O) groups excluding carboxylic acids is 3. The molecule has 0 atom stereocenters. The lowest BCUT2D eigenvalue weighted by atomic mass is 10.2. The van der Waals surface area contributed by atoms with Crippen molar-refractivity contribution >= 4 is 23.5 Å². The zero-order valence-electron chi connectivity index (χ0n) is 12.4. The first kappa shape index (κ1) is 17.3. The molecule has 22 heavy (non-hydrogen) atoms. The molecule has 0 aliphatic rings. The molecule has 0 heterocycles. The molecule has 1 rings (SSSR count). The van der Waals surface area contributed by atoms with Gasteiger partial charge in [-0.2, -0.15) is 0 Å². The monoisotopic (exact) mass is 308 g/mol. The summed E-state index contributed by atoms with van der Waals surface area (Å²) in [5, 5.41) is 1.99. The van der Waals surface area contributed by atoms with Gasteiger partial charge < -0.3 is 21.1 Å². The van der Waals surface area contributed by atoms with Crippen molar-refractivity contribution in [3.63, 3.8) is 0 Å². The Morgan fingerprint density at radius 3 is 2.18 bits per heavy atom. The maximum Gasteiger partial charge on any atom is 0.318 e. The van der Waals surface area contributed by atoms with E-state index in [0.29, 0.717) is 18.8 Å². The van der Waals surface area contributed by atoms with E-state index >= 15 is 0 Å². The van der Waals surface area contributed by atoms with Crippen LogP contribution in [0.1, 0.15) is 12.8 Å². The number of primary amides is 2. The fraction of sp³-hybridized carbons (Fsp3) is 0.357. The molecule has 0 unspecified atom stereocenters. The van der Waals surface area contributed by atoms with Crippen molar-refractivity contribution in [1.82, 2.24) is 5.32 Å². The van der Waals surface area contributed by atoms with Gasteiger partial charge in [-0.3, -0.25) is 14.9 Å². The quantitative estimate of drug-likeness (QED) is 0.621. The van der Waals surface area contributed by atoms with E-state index in [4.69, 9.17) is 16.2 Å². The normalized spacial score (nSPS) is 9.86. The Morgan fingerprint density at radius 1 is 1.09 bits per heavy atom. The van der Waals surface area contributed by atoms with Crippen LogP contribution in [0.4, 0.5) is 10.5 Å². The first-order chi connectivity index (χ1) is 10.4. The predicted molar refractivity (Wildman–Crippen MR) is 81.4 cm³/mol. The molecule has 0 bridgehead atoms. The molecule has 0 saturated heterocycles. The number of nitrogens with two attached hydrogens (primary N) is 2. The molecule has 1 aromatic carbocycles. The van der Waals surface area contributed by atoms with Crippen molar-refractivity contribution in [1.29, 1.82) is 0 Å². The van der Waals surface area contributed by atoms with E-state index in [9.17, 15) is 14.4 Å². The molecular weight excluding hydrogens is 288 g/mol. The molecule has 0 aliphatic heterocycles. The lowest BCUT2D eigenvalue weighted by Crippen LogP contribution is -2.38. The van der Waals surface area contributed by atoms with Crippen LogP contribution < -0.4 is 26.4 Å². The molecule has 5 N–H and O–H groups in total. The Balaban J connectivity index is 2.71. The third-order valence-corrected chi connectivity index (χ3v) is 2.94. The minimum absolute atomic E-state index is 0.0632. The van der Waals surface area contributed by atoms with E-state index in [1.807, 2.05) is 22.3 Å². The molecule has 0 saturated carbocycles. The van der Waals surface area contributed by atoms with Crippen LogP contribution in [0, 0.1) is 0 Å². The zero-order valence-corrected chi connectivity index (χ0v) is 12.4. The molecule has 8 nitrogen and oxygen atoms in total. The lowest BCUT2D eigenvalue weighted by Gasteiger charge is -2.24. The van der Waals surface area contributed by atoms with Gasteiger partial charge in [0.1, 0.15) is 5.75 Å². The Kier molecular flexibility index (Phi) is 6.68. The minimum atomic E-state index is -0.891. The van der Waals surface area contributed by atoms with Crippen LogP contribution in [0.5, 0.6) is 5.75 Å². The fourth-order valence-electron chi connectivity index (χ4n) is 1.84. The summed E-state index contributed by atoms with van der Waals surface area (Å²) in [5.74, 6) is -0.213. The maximum atomic E-state index is 11.5. The van der Waals surface area contributed by atoms with E-state index in [2.05, 4.69) is 0 Å². The van der Waals surface area contributed by atoms with Gasteiger partial charge in [-0.15, -0.1) is 0 Å². The Labute approximate surface area is 128 Å². The van der Waals surface area contributed by atoms with Crippen molar-refractivity contribution in [3.05, 3.63) is 24.3 Å². The van der Waals surface area contributed by atoms with E-state index in [1.165, 1.54) is 0 Å². The van der Waals surface area contributed by atoms with Gasteiger partial charge in [0.15, 0.2) is 0 Å². The van der Waals surface area contributed by atoms with Gasteiger partial charge in [0.2, 0.25) is 11.8 Å². The minimum Gasteiger partial charge on any atom is -0.497 e. The fourth-order valence-corrected chi connectivity index (χ4v) is 1.84. The van der Waals surface area contributed by atoms with Gasteiger partial charge >= 0.3 is 6.03 Å². The number of anilines is 1. The van der Waals surface area contributed by atoms with Gasteiger partial charge in [-0.25, -0.2) is 4.79 Å². The highest BCUT2D eigenvalue weighted by atomic mass is 16.5. The molecule has 0 radical (unpaired) electrons. The van der Waals surface area contributed by atoms with Crippen molar-refractivity contribution in [2.24, 2.45) is 11.5 Å². The topological polar surface area (TPSA) is 128 Å². The van der Waals surface area contributed by atoms with Crippen LogP contribution in [0.2, 0.25) is 0 Å². The average Bonchev–Trinajstić information content (AvgIpc) is 2.46. The second-order valence-electron chi connectivity index (χ2n) is 4.56. The third-order valence-electron chi connectivity index (χ3n) is 2.94. The summed E-state index contributed by atoms with van der Waals surface area (Å²) in [5.41, 5.74) is 10.9. The molecule has 0 aliphatic carbocycles. The number of benzene rings is 1. The van der Waals surface area contributed by atoms with Gasteiger partial charge in [-0.05, 0) is 24.3 Å². The van der Waals surface area contributed by atoms with Gasteiger partial charge in [0.25, 0.3) is 0 Å². The maximum absolute atomic E-state index is 11.5. The standard InChI is InChI=1S/C14H20N4O4/c1-22-11-4-2-10(3-5-11)18(8-6-12(15)19)9-7-13(20)17-14(16)21/h2-5H,6-9H2,1H3,(H2,15,19)(H3,16,17,20,21). The highest BCUT2D eigenvalue weighted by Gasteiger charge is 2.11. The van der Waals surface area contributed by atoms with E-state index in [0.717, 1.165) is 5.69 Å². The number of amides is 4. The molecule has 120 valence electrons. The van der Waals surface area contributed by atoms with Crippen molar-refractivity contribution < 1.29 is 19.1 Å². The van der Waals surface area contributed by atoms with Gasteiger partial charge in [-0.1, -0.05) is 0 Å². The number of hydrogen-bond donors (Lipinski definition) is 3. The lowest BCUT2D eigenvalue weighted by molar-refractivity contribution is -0.119. The molecule has 8 heteroatoms. The summed E-state index contributed by atoms with van der Waals surface area (Å²) in [6.45, 7) is 0.685. The Morgan fingerprint density at radius 2 is 1.68 bits per heavy atom. The number of methoxy groups -OCH3 is 1. The summed E-state index contributed by atoms with van der Waals surface area (Å²) in [4.78, 5) is 34.9. The predicted octanol–water partition coefficient (Wildman–Crippen LogP) is -0.0380. The van der Waals surface area contributed by atoms with Crippen LogP contribution in [0.3, 0.4) is 0 Å². The Bertz CT molecular complexity index is 530. The molecule has 0 aromatic heterocycles. The van der Waals surface area contributed by atoms with Crippen molar-refractivity contribution in [3.8, 4) is 5.75 Å². The number of carbonyl (C=O) groups is 3. The molecule has 0 fully saturated rings. The van der Waals surface area contributed by atoms with E-state index in [1.54, 1.807) is 19.2 Å². The van der Waals surface area contributed by atoms with Gasteiger partial charge in [0.05, 0.1) is 7.11 Å². The van der Waals surface area contributed by atoms with E-state index < -0.39 is 17.8 Å². The third kappa shape index (κ3) is 6.12. The molecule has 4 amide bonds. The first-order valence-corrected chi connectivity index (χ1v) is 6.69. The summed E-state index contributed by atoms with van der Waals surface area (Å²) in [6.07, 6.45) is 0.219. The van der Waals surface area contributed by atoms with Crippen LogP contribution in [-0.2, 0) is 9.59 Å².